The maximum Gasteiger partial charge on any atom is 0.316 e. The molecule has 3 nitrogen and oxygen atoms in total. The van der Waals surface area contributed by atoms with Gasteiger partial charge in [-0.1, -0.05) is 6.92 Å². The molecule has 1 aliphatic carbocycles. The topological polar surface area (TPSA) is 43.4 Å². The number of hydrogen-bond donors (Lipinski definition) is 0. The van der Waals surface area contributed by atoms with Crippen molar-refractivity contribution in [3.05, 3.63) is 0 Å². The van der Waals surface area contributed by atoms with E-state index in [0.717, 1.165) is 6.42 Å². The monoisotopic (exact) mass is 170 g/mol. The SMILES string of the molecule is COC(=O)C1CC(C)CCC1=O. The highest BCUT2D eigenvalue weighted by Gasteiger charge is 2.32. The number of carbonyl (C=O) groups is 2. The summed E-state index contributed by atoms with van der Waals surface area (Å²) in [6.45, 7) is 2.06. The molecule has 1 aliphatic rings. The standard InChI is InChI=1S/C9H14O3/c1-6-3-4-8(10)7(5-6)9(11)12-2/h6-7H,3-5H2,1-2H3. The van der Waals surface area contributed by atoms with Crippen molar-refractivity contribution in [2.45, 2.75) is 26.2 Å². The van der Waals surface area contributed by atoms with Crippen molar-refractivity contribution in [3.8, 4) is 0 Å². The van der Waals surface area contributed by atoms with Gasteiger partial charge in [-0.2, -0.15) is 0 Å². The Kier molecular flexibility index (Phi) is 2.84. The van der Waals surface area contributed by atoms with E-state index in [1.165, 1.54) is 7.11 Å². The first-order valence-electron chi connectivity index (χ1n) is 4.25. The average Bonchev–Trinajstić information content (AvgIpc) is 2.08. The Morgan fingerprint density at radius 2 is 2.25 bits per heavy atom. The largest absolute Gasteiger partial charge is 0.468 e. The molecular formula is C9H14O3. The molecule has 0 radical (unpaired) electrons. The number of Topliss-reactive ketones (excluding diaryl/α,β-unsaturated/α-hetero) is 1. The molecule has 0 N–H and O–H groups in total. The number of ether oxygens (including phenoxy) is 1. The number of hydrogen-bond acceptors (Lipinski definition) is 3. The number of ketones is 1. The quantitative estimate of drug-likeness (QED) is 0.438. The maximum atomic E-state index is 11.2. The first-order chi connectivity index (χ1) is 5.65. The summed E-state index contributed by atoms with van der Waals surface area (Å²) in [5.41, 5.74) is 0. The highest BCUT2D eigenvalue weighted by Crippen LogP contribution is 2.26. The van der Waals surface area contributed by atoms with E-state index in [0.29, 0.717) is 18.8 Å². The first-order valence-corrected chi connectivity index (χ1v) is 4.25. The fourth-order valence-corrected chi connectivity index (χ4v) is 1.58. The molecule has 0 aromatic carbocycles. The van der Waals surface area contributed by atoms with Crippen molar-refractivity contribution in [2.24, 2.45) is 11.8 Å². The van der Waals surface area contributed by atoms with Crippen LogP contribution in [0.25, 0.3) is 0 Å². The summed E-state index contributed by atoms with van der Waals surface area (Å²) in [6, 6.07) is 0. The third kappa shape index (κ3) is 1.84. The molecule has 0 amide bonds. The Morgan fingerprint density at radius 3 is 2.83 bits per heavy atom. The summed E-state index contributed by atoms with van der Waals surface area (Å²) in [6.07, 6.45) is 2.10. The lowest BCUT2D eigenvalue weighted by Gasteiger charge is -2.23. The zero-order valence-corrected chi connectivity index (χ0v) is 7.50. The molecule has 0 heterocycles. The summed E-state index contributed by atoms with van der Waals surface area (Å²) in [4.78, 5) is 22.3. The predicted molar refractivity (Wildman–Crippen MR) is 43.5 cm³/mol. The van der Waals surface area contributed by atoms with E-state index >= 15 is 0 Å². The van der Waals surface area contributed by atoms with Crippen LogP contribution in [0, 0.1) is 11.8 Å². The molecule has 1 rings (SSSR count). The van der Waals surface area contributed by atoms with Crippen molar-refractivity contribution in [1.82, 2.24) is 0 Å². The van der Waals surface area contributed by atoms with Gasteiger partial charge in [-0.25, -0.2) is 0 Å². The molecule has 0 spiro atoms. The van der Waals surface area contributed by atoms with Gasteiger partial charge in [0.05, 0.1) is 7.11 Å². The fourth-order valence-electron chi connectivity index (χ4n) is 1.58. The van der Waals surface area contributed by atoms with E-state index in [-0.39, 0.29) is 11.8 Å². The normalized spacial score (nSPS) is 30.0. The van der Waals surface area contributed by atoms with Crippen LogP contribution in [0.3, 0.4) is 0 Å². The molecule has 0 aromatic heterocycles. The smallest absolute Gasteiger partial charge is 0.316 e. The van der Waals surface area contributed by atoms with Crippen LogP contribution in [-0.4, -0.2) is 18.9 Å². The van der Waals surface area contributed by atoms with Gasteiger partial charge in [0.1, 0.15) is 11.7 Å². The van der Waals surface area contributed by atoms with Gasteiger partial charge in [0.2, 0.25) is 0 Å². The third-order valence-electron chi connectivity index (χ3n) is 2.40. The van der Waals surface area contributed by atoms with Gasteiger partial charge in [-0.15, -0.1) is 0 Å². The van der Waals surface area contributed by atoms with Gasteiger partial charge in [-0.05, 0) is 18.8 Å². The predicted octanol–water partition coefficient (Wildman–Crippen LogP) is 1.16. The third-order valence-corrected chi connectivity index (χ3v) is 2.40. The van der Waals surface area contributed by atoms with Gasteiger partial charge in [-0.3, -0.25) is 9.59 Å². The molecule has 12 heavy (non-hydrogen) atoms. The average molecular weight is 170 g/mol. The number of methoxy groups -OCH3 is 1. The highest BCUT2D eigenvalue weighted by molar-refractivity contribution is 5.99. The molecule has 1 saturated carbocycles. The Balaban J connectivity index is 2.60. The second-order valence-electron chi connectivity index (χ2n) is 3.42. The Labute approximate surface area is 72.1 Å². The zero-order chi connectivity index (χ0) is 9.14. The van der Waals surface area contributed by atoms with Crippen LogP contribution in [0.1, 0.15) is 26.2 Å². The number of carbonyl (C=O) groups excluding carboxylic acids is 2. The lowest BCUT2D eigenvalue weighted by atomic mass is 9.81. The van der Waals surface area contributed by atoms with Crippen molar-refractivity contribution in [3.63, 3.8) is 0 Å². The molecule has 0 bridgehead atoms. The molecule has 0 aromatic rings. The minimum atomic E-state index is -0.487. The molecule has 0 aliphatic heterocycles. The van der Waals surface area contributed by atoms with Gasteiger partial charge in [0.25, 0.3) is 0 Å². The minimum absolute atomic E-state index is 0.0416. The Bertz CT molecular complexity index is 190. The zero-order valence-electron chi connectivity index (χ0n) is 7.50. The van der Waals surface area contributed by atoms with Crippen LogP contribution in [-0.2, 0) is 14.3 Å². The Hall–Kier alpha value is -0.860. The van der Waals surface area contributed by atoms with E-state index in [1.807, 2.05) is 0 Å². The molecule has 3 heteroatoms. The van der Waals surface area contributed by atoms with Crippen molar-refractivity contribution in [1.29, 1.82) is 0 Å². The summed E-state index contributed by atoms with van der Waals surface area (Å²) < 4.78 is 4.55. The van der Waals surface area contributed by atoms with Crippen LogP contribution < -0.4 is 0 Å². The van der Waals surface area contributed by atoms with Crippen molar-refractivity contribution < 1.29 is 14.3 Å². The minimum Gasteiger partial charge on any atom is -0.468 e. The second-order valence-corrected chi connectivity index (χ2v) is 3.42. The molecular weight excluding hydrogens is 156 g/mol. The molecule has 2 unspecified atom stereocenters. The molecule has 0 saturated heterocycles. The van der Waals surface area contributed by atoms with Crippen LogP contribution in [0.4, 0.5) is 0 Å². The van der Waals surface area contributed by atoms with Crippen LogP contribution in [0.15, 0.2) is 0 Å². The van der Waals surface area contributed by atoms with Gasteiger partial charge < -0.3 is 4.74 Å². The van der Waals surface area contributed by atoms with Gasteiger partial charge in [0, 0.05) is 6.42 Å². The lowest BCUT2D eigenvalue weighted by molar-refractivity contribution is -0.151. The summed E-state index contributed by atoms with van der Waals surface area (Å²) in [5, 5.41) is 0. The maximum absolute atomic E-state index is 11.2. The summed E-state index contributed by atoms with van der Waals surface area (Å²) >= 11 is 0. The van der Waals surface area contributed by atoms with E-state index in [4.69, 9.17) is 0 Å². The van der Waals surface area contributed by atoms with E-state index in [1.54, 1.807) is 0 Å². The van der Waals surface area contributed by atoms with E-state index < -0.39 is 5.92 Å². The second kappa shape index (κ2) is 3.70. The number of esters is 1. The first kappa shape index (κ1) is 9.23. The van der Waals surface area contributed by atoms with E-state index in [9.17, 15) is 9.59 Å². The number of rotatable bonds is 1. The highest BCUT2D eigenvalue weighted by atomic mass is 16.5. The fraction of sp³-hybridized carbons (Fsp3) is 0.778. The van der Waals surface area contributed by atoms with Gasteiger partial charge in [0.15, 0.2) is 0 Å². The van der Waals surface area contributed by atoms with Crippen LogP contribution in [0.2, 0.25) is 0 Å². The van der Waals surface area contributed by atoms with Crippen LogP contribution in [0.5, 0.6) is 0 Å². The summed E-state index contributed by atoms with van der Waals surface area (Å²) in [7, 11) is 1.33. The Morgan fingerprint density at radius 1 is 1.58 bits per heavy atom. The molecule has 1 fully saturated rings. The van der Waals surface area contributed by atoms with Crippen molar-refractivity contribution in [2.75, 3.05) is 7.11 Å². The molecule has 68 valence electrons. The summed E-state index contributed by atoms with van der Waals surface area (Å²) in [5.74, 6) is -0.350. The van der Waals surface area contributed by atoms with Crippen LogP contribution >= 0.6 is 0 Å². The van der Waals surface area contributed by atoms with E-state index in [2.05, 4.69) is 11.7 Å². The molecule has 2 atom stereocenters. The van der Waals surface area contributed by atoms with Crippen molar-refractivity contribution >= 4 is 11.8 Å². The van der Waals surface area contributed by atoms with Gasteiger partial charge >= 0.3 is 5.97 Å². The lowest BCUT2D eigenvalue weighted by Crippen LogP contribution is -2.31.